The van der Waals surface area contributed by atoms with Gasteiger partial charge in [-0.2, -0.15) is 0 Å². The van der Waals surface area contributed by atoms with E-state index in [9.17, 15) is 0 Å². The van der Waals surface area contributed by atoms with Crippen molar-refractivity contribution < 1.29 is 0 Å². The third-order valence-corrected chi connectivity index (χ3v) is 2.97. The molecule has 0 aliphatic carbocycles. The zero-order valence-corrected chi connectivity index (χ0v) is 12.2. The second kappa shape index (κ2) is 7.60. The molecule has 0 fully saturated rings. The van der Waals surface area contributed by atoms with E-state index in [2.05, 4.69) is 44.9 Å². The van der Waals surface area contributed by atoms with Crippen molar-refractivity contribution in [1.82, 2.24) is 15.3 Å². The fraction of sp³-hybridized carbons (Fsp3) is 0.375. The highest BCUT2D eigenvalue weighted by atomic mass is 15.1. The van der Waals surface area contributed by atoms with Crippen molar-refractivity contribution in [3.8, 4) is 0 Å². The van der Waals surface area contributed by atoms with Gasteiger partial charge in [0.05, 0.1) is 0 Å². The van der Waals surface area contributed by atoms with Crippen LogP contribution in [0.5, 0.6) is 0 Å². The van der Waals surface area contributed by atoms with E-state index in [4.69, 9.17) is 0 Å². The van der Waals surface area contributed by atoms with E-state index in [1.165, 1.54) is 5.56 Å². The summed E-state index contributed by atoms with van der Waals surface area (Å²) in [6.45, 7) is 6.75. The predicted octanol–water partition coefficient (Wildman–Crippen LogP) is 2.69. The highest BCUT2D eigenvalue weighted by molar-refractivity contribution is 5.27. The number of nitrogens with one attached hydrogen (secondary N) is 2. The lowest BCUT2D eigenvalue weighted by Crippen LogP contribution is -2.18. The Hall–Kier alpha value is -1.94. The Kier molecular flexibility index (Phi) is 5.50. The Balaban J connectivity index is 1.62. The number of aromatic nitrogens is 2. The van der Waals surface area contributed by atoms with Gasteiger partial charge in [-0.1, -0.05) is 30.3 Å². The zero-order valence-electron chi connectivity index (χ0n) is 12.2. The molecule has 2 aromatic rings. The Morgan fingerprint density at radius 3 is 2.35 bits per heavy atom. The number of nitrogens with zero attached hydrogens (tertiary/aromatic N) is 2. The van der Waals surface area contributed by atoms with Crippen molar-refractivity contribution >= 4 is 5.95 Å². The summed E-state index contributed by atoms with van der Waals surface area (Å²) in [5.74, 6) is 0.727. The molecule has 0 unspecified atom stereocenters. The maximum atomic E-state index is 4.36. The molecule has 106 valence electrons. The first-order chi connectivity index (χ1) is 9.74. The molecule has 2 rings (SSSR count). The zero-order chi connectivity index (χ0) is 14.2. The smallest absolute Gasteiger partial charge is 0.223 e. The quantitative estimate of drug-likeness (QED) is 0.760. The van der Waals surface area contributed by atoms with Gasteiger partial charge in [0.25, 0.3) is 0 Å². The molecule has 0 saturated heterocycles. The van der Waals surface area contributed by atoms with Crippen molar-refractivity contribution in [3.63, 3.8) is 0 Å². The van der Waals surface area contributed by atoms with Gasteiger partial charge in [0.2, 0.25) is 5.95 Å². The molecular formula is C16H22N4. The molecule has 0 amide bonds. The van der Waals surface area contributed by atoms with Gasteiger partial charge in [-0.25, -0.2) is 9.97 Å². The third-order valence-electron chi connectivity index (χ3n) is 2.97. The highest BCUT2D eigenvalue weighted by Gasteiger charge is 1.98. The molecule has 0 aliphatic heterocycles. The number of rotatable bonds is 7. The average molecular weight is 270 g/mol. The Bertz CT molecular complexity index is 505. The lowest BCUT2D eigenvalue weighted by atomic mass is 10.2. The SMILES string of the molecule is Cc1cc(C)nc(NCCCNCc2ccccc2)n1. The van der Waals surface area contributed by atoms with E-state index in [-0.39, 0.29) is 0 Å². The fourth-order valence-corrected chi connectivity index (χ4v) is 2.05. The monoisotopic (exact) mass is 270 g/mol. The van der Waals surface area contributed by atoms with Crippen LogP contribution in [0, 0.1) is 13.8 Å². The summed E-state index contributed by atoms with van der Waals surface area (Å²) in [6.07, 6.45) is 1.04. The van der Waals surface area contributed by atoms with Gasteiger partial charge in [-0.05, 0) is 38.4 Å². The molecule has 0 atom stereocenters. The van der Waals surface area contributed by atoms with Crippen LogP contribution in [0.3, 0.4) is 0 Å². The topological polar surface area (TPSA) is 49.8 Å². The van der Waals surface area contributed by atoms with Crippen LogP contribution in [-0.2, 0) is 6.54 Å². The van der Waals surface area contributed by atoms with Crippen molar-refractivity contribution in [2.75, 3.05) is 18.4 Å². The second-order valence-corrected chi connectivity index (χ2v) is 4.92. The largest absolute Gasteiger partial charge is 0.354 e. The second-order valence-electron chi connectivity index (χ2n) is 4.92. The minimum atomic E-state index is 0.727. The van der Waals surface area contributed by atoms with E-state index in [1.807, 2.05) is 26.0 Å². The normalized spacial score (nSPS) is 10.5. The summed E-state index contributed by atoms with van der Waals surface area (Å²) >= 11 is 0. The van der Waals surface area contributed by atoms with Crippen LogP contribution in [0.1, 0.15) is 23.4 Å². The number of hydrogen-bond donors (Lipinski definition) is 2. The van der Waals surface area contributed by atoms with Crippen LogP contribution >= 0.6 is 0 Å². The minimum Gasteiger partial charge on any atom is -0.354 e. The van der Waals surface area contributed by atoms with Gasteiger partial charge in [0.1, 0.15) is 0 Å². The molecule has 20 heavy (non-hydrogen) atoms. The first-order valence-corrected chi connectivity index (χ1v) is 7.05. The summed E-state index contributed by atoms with van der Waals surface area (Å²) in [6, 6.07) is 12.4. The minimum absolute atomic E-state index is 0.727. The first kappa shape index (κ1) is 14.5. The third kappa shape index (κ3) is 4.97. The highest BCUT2D eigenvalue weighted by Crippen LogP contribution is 2.03. The van der Waals surface area contributed by atoms with E-state index < -0.39 is 0 Å². The van der Waals surface area contributed by atoms with Gasteiger partial charge >= 0.3 is 0 Å². The van der Waals surface area contributed by atoms with Crippen molar-refractivity contribution in [2.45, 2.75) is 26.8 Å². The molecule has 2 N–H and O–H groups in total. The lowest BCUT2D eigenvalue weighted by molar-refractivity contribution is 0.662. The van der Waals surface area contributed by atoms with Gasteiger partial charge in [-0.3, -0.25) is 0 Å². The molecule has 0 bridgehead atoms. The fourth-order valence-electron chi connectivity index (χ4n) is 2.05. The molecule has 1 aromatic carbocycles. The number of hydrogen-bond acceptors (Lipinski definition) is 4. The molecule has 4 heteroatoms. The predicted molar refractivity (Wildman–Crippen MR) is 82.8 cm³/mol. The van der Waals surface area contributed by atoms with Gasteiger partial charge in [0, 0.05) is 24.5 Å². The van der Waals surface area contributed by atoms with E-state index in [1.54, 1.807) is 0 Å². The van der Waals surface area contributed by atoms with Crippen LogP contribution < -0.4 is 10.6 Å². The molecule has 0 aliphatic rings. The average Bonchev–Trinajstić information content (AvgIpc) is 2.43. The Morgan fingerprint density at radius 2 is 1.65 bits per heavy atom. The molecular weight excluding hydrogens is 248 g/mol. The molecule has 0 saturated carbocycles. The molecule has 0 spiro atoms. The summed E-state index contributed by atoms with van der Waals surface area (Å²) in [7, 11) is 0. The molecule has 1 heterocycles. The van der Waals surface area contributed by atoms with Crippen LogP contribution in [-0.4, -0.2) is 23.1 Å². The van der Waals surface area contributed by atoms with Crippen molar-refractivity contribution in [2.24, 2.45) is 0 Å². The van der Waals surface area contributed by atoms with Crippen LogP contribution in [0.4, 0.5) is 5.95 Å². The maximum absolute atomic E-state index is 4.36. The van der Waals surface area contributed by atoms with Crippen LogP contribution in [0.25, 0.3) is 0 Å². The number of benzene rings is 1. The first-order valence-electron chi connectivity index (χ1n) is 7.05. The Labute approximate surface area is 120 Å². The molecule has 1 aromatic heterocycles. The molecule has 0 radical (unpaired) electrons. The Morgan fingerprint density at radius 1 is 0.950 bits per heavy atom. The standard InChI is InChI=1S/C16H22N4/c1-13-11-14(2)20-16(19-13)18-10-6-9-17-12-15-7-4-3-5-8-15/h3-5,7-8,11,17H,6,9-10,12H2,1-2H3,(H,18,19,20). The van der Waals surface area contributed by atoms with Crippen molar-refractivity contribution in [3.05, 3.63) is 53.3 Å². The number of anilines is 1. The van der Waals surface area contributed by atoms with Gasteiger partial charge in [-0.15, -0.1) is 0 Å². The summed E-state index contributed by atoms with van der Waals surface area (Å²) in [5.41, 5.74) is 3.32. The summed E-state index contributed by atoms with van der Waals surface area (Å²) < 4.78 is 0. The van der Waals surface area contributed by atoms with Gasteiger partial charge in [0.15, 0.2) is 0 Å². The van der Waals surface area contributed by atoms with E-state index in [0.29, 0.717) is 0 Å². The number of aryl methyl sites for hydroxylation is 2. The summed E-state index contributed by atoms with van der Waals surface area (Å²) in [5, 5.41) is 6.69. The van der Waals surface area contributed by atoms with Crippen molar-refractivity contribution in [1.29, 1.82) is 0 Å². The van der Waals surface area contributed by atoms with E-state index in [0.717, 1.165) is 43.4 Å². The molecule has 4 nitrogen and oxygen atoms in total. The van der Waals surface area contributed by atoms with E-state index >= 15 is 0 Å². The van der Waals surface area contributed by atoms with Crippen LogP contribution in [0.2, 0.25) is 0 Å². The summed E-state index contributed by atoms with van der Waals surface area (Å²) in [4.78, 5) is 8.71. The van der Waals surface area contributed by atoms with Crippen LogP contribution in [0.15, 0.2) is 36.4 Å². The van der Waals surface area contributed by atoms with Gasteiger partial charge < -0.3 is 10.6 Å². The lowest BCUT2D eigenvalue weighted by Gasteiger charge is -2.07. The maximum Gasteiger partial charge on any atom is 0.223 e.